The number of rotatable bonds is 1. The van der Waals surface area contributed by atoms with E-state index >= 15 is 0 Å². The van der Waals surface area contributed by atoms with Crippen LogP contribution in [-0.4, -0.2) is 5.78 Å². The van der Waals surface area contributed by atoms with E-state index in [1.807, 2.05) is 0 Å². The van der Waals surface area contributed by atoms with Crippen LogP contribution in [-0.2, 0) is 0 Å². The van der Waals surface area contributed by atoms with E-state index in [9.17, 15) is 4.79 Å². The summed E-state index contributed by atoms with van der Waals surface area (Å²) >= 11 is 5.79. The van der Waals surface area contributed by atoms with Crippen LogP contribution in [0.15, 0.2) is 18.2 Å². The minimum atomic E-state index is -0.324. The van der Waals surface area contributed by atoms with E-state index in [0.717, 1.165) is 5.56 Å². The number of halogens is 1. The van der Waals surface area contributed by atoms with Crippen LogP contribution in [0.4, 0.5) is 0 Å². The van der Waals surface area contributed by atoms with Gasteiger partial charge in [-0.2, -0.15) is 0 Å². The van der Waals surface area contributed by atoms with Gasteiger partial charge in [0.1, 0.15) is 0 Å². The third-order valence-electron chi connectivity index (χ3n) is 1.64. The van der Waals surface area contributed by atoms with Crippen molar-refractivity contribution in [3.63, 3.8) is 0 Å². The highest BCUT2D eigenvalue weighted by atomic mass is 35.5. The normalized spacial score (nSPS) is 9.08. The van der Waals surface area contributed by atoms with Crippen LogP contribution in [0.1, 0.15) is 15.9 Å². The maximum atomic E-state index is 11.1. The molecule has 0 saturated heterocycles. The van der Waals surface area contributed by atoms with Crippen molar-refractivity contribution in [1.82, 2.24) is 0 Å². The van der Waals surface area contributed by atoms with E-state index in [2.05, 4.69) is 5.92 Å². The summed E-state index contributed by atoms with van der Waals surface area (Å²) in [6.07, 6.45) is 4.98. The molecular weight excluding hydrogens is 172 g/mol. The van der Waals surface area contributed by atoms with E-state index in [-0.39, 0.29) is 5.78 Å². The molecular formula is C10H7ClO. The molecule has 1 aromatic rings. The summed E-state index contributed by atoms with van der Waals surface area (Å²) < 4.78 is 0. The van der Waals surface area contributed by atoms with Crippen molar-refractivity contribution in [3.8, 4) is 12.3 Å². The van der Waals surface area contributed by atoms with Crippen molar-refractivity contribution in [2.45, 2.75) is 6.92 Å². The van der Waals surface area contributed by atoms with Crippen LogP contribution in [0.2, 0.25) is 5.02 Å². The van der Waals surface area contributed by atoms with Crippen LogP contribution in [0, 0.1) is 19.3 Å². The van der Waals surface area contributed by atoms with Gasteiger partial charge in [0.25, 0.3) is 0 Å². The van der Waals surface area contributed by atoms with E-state index in [1.54, 1.807) is 25.1 Å². The summed E-state index contributed by atoms with van der Waals surface area (Å²) in [5, 5.41) is 0.566. The Morgan fingerprint density at radius 1 is 1.58 bits per heavy atom. The predicted molar refractivity (Wildman–Crippen MR) is 49.4 cm³/mol. The molecule has 1 aromatic carbocycles. The number of hydrogen-bond acceptors (Lipinski definition) is 1. The van der Waals surface area contributed by atoms with Gasteiger partial charge in [-0.15, -0.1) is 6.42 Å². The van der Waals surface area contributed by atoms with E-state index < -0.39 is 0 Å². The first kappa shape index (κ1) is 8.83. The lowest BCUT2D eigenvalue weighted by atomic mass is 10.1. The van der Waals surface area contributed by atoms with Crippen molar-refractivity contribution in [1.29, 1.82) is 0 Å². The van der Waals surface area contributed by atoms with Gasteiger partial charge >= 0.3 is 0 Å². The molecule has 0 N–H and O–H groups in total. The molecule has 0 heterocycles. The van der Waals surface area contributed by atoms with Gasteiger partial charge in [0.05, 0.1) is 0 Å². The molecule has 0 aliphatic heterocycles. The summed E-state index contributed by atoms with van der Waals surface area (Å²) in [6.45, 7) is 1.77. The van der Waals surface area contributed by atoms with Gasteiger partial charge in [-0.25, -0.2) is 0 Å². The number of carbonyl (C=O) groups excluding carboxylic acids is 1. The molecule has 2 heteroatoms. The fraction of sp³-hybridized carbons (Fsp3) is 0.100. The molecule has 0 unspecified atom stereocenters. The Kier molecular flexibility index (Phi) is 2.52. The minimum Gasteiger partial charge on any atom is -0.279 e. The van der Waals surface area contributed by atoms with Crippen molar-refractivity contribution >= 4 is 17.4 Å². The molecule has 0 saturated carbocycles. The van der Waals surface area contributed by atoms with Gasteiger partial charge in [0, 0.05) is 10.6 Å². The smallest absolute Gasteiger partial charge is 0.235 e. The second-order valence-corrected chi connectivity index (χ2v) is 2.79. The lowest BCUT2D eigenvalue weighted by Crippen LogP contribution is -1.97. The molecule has 12 heavy (non-hydrogen) atoms. The maximum Gasteiger partial charge on any atom is 0.235 e. The zero-order valence-corrected chi connectivity index (χ0v) is 7.35. The Morgan fingerprint density at radius 2 is 2.25 bits per heavy atom. The fourth-order valence-electron chi connectivity index (χ4n) is 0.931. The summed E-state index contributed by atoms with van der Waals surface area (Å²) in [6, 6.07) is 5.10. The molecule has 60 valence electrons. The molecule has 0 aromatic heterocycles. The van der Waals surface area contributed by atoms with Crippen molar-refractivity contribution < 1.29 is 4.79 Å². The largest absolute Gasteiger partial charge is 0.279 e. The molecule has 0 radical (unpaired) electrons. The Morgan fingerprint density at radius 3 is 2.83 bits per heavy atom. The first-order valence-electron chi connectivity index (χ1n) is 3.43. The van der Waals surface area contributed by atoms with Gasteiger partial charge in [-0.05, 0) is 30.5 Å². The molecule has 1 rings (SSSR count). The average molecular weight is 179 g/mol. The molecule has 0 aliphatic rings. The van der Waals surface area contributed by atoms with Crippen molar-refractivity contribution in [3.05, 3.63) is 34.3 Å². The lowest BCUT2D eigenvalue weighted by Gasteiger charge is -2.01. The number of carbonyl (C=O) groups is 1. The van der Waals surface area contributed by atoms with Crippen LogP contribution in [0.3, 0.4) is 0 Å². The Balaban J connectivity index is 3.28. The summed E-state index contributed by atoms with van der Waals surface area (Å²) in [5.41, 5.74) is 1.24. The standard InChI is InChI=1S/C10H7ClO/c1-3-10(12)8-5-4-6-9(11)7(8)2/h1,4-6H,2H3. The van der Waals surface area contributed by atoms with Crippen LogP contribution >= 0.6 is 11.6 Å². The fourth-order valence-corrected chi connectivity index (χ4v) is 1.11. The maximum absolute atomic E-state index is 11.1. The number of ketones is 1. The summed E-state index contributed by atoms with van der Waals surface area (Å²) in [5.74, 6) is 1.73. The third-order valence-corrected chi connectivity index (χ3v) is 2.05. The third kappa shape index (κ3) is 1.49. The van der Waals surface area contributed by atoms with E-state index in [0.29, 0.717) is 10.6 Å². The average Bonchev–Trinajstić information content (AvgIpc) is 2.08. The molecule has 0 bridgehead atoms. The van der Waals surface area contributed by atoms with Crippen LogP contribution < -0.4 is 0 Å². The highest BCUT2D eigenvalue weighted by Crippen LogP contribution is 2.18. The summed E-state index contributed by atoms with van der Waals surface area (Å²) in [4.78, 5) is 11.1. The van der Waals surface area contributed by atoms with E-state index in [1.165, 1.54) is 0 Å². The zero-order valence-electron chi connectivity index (χ0n) is 6.60. The topological polar surface area (TPSA) is 17.1 Å². The second-order valence-electron chi connectivity index (χ2n) is 2.39. The van der Waals surface area contributed by atoms with Crippen LogP contribution in [0.25, 0.3) is 0 Å². The first-order chi connectivity index (χ1) is 5.66. The van der Waals surface area contributed by atoms with Gasteiger partial charge in [0.2, 0.25) is 5.78 Å². The minimum absolute atomic E-state index is 0.324. The molecule has 0 spiro atoms. The Bertz CT molecular complexity index is 361. The molecule has 1 nitrogen and oxygen atoms in total. The number of terminal acetylenes is 1. The Hall–Kier alpha value is -1.26. The highest BCUT2D eigenvalue weighted by Gasteiger charge is 2.07. The number of benzene rings is 1. The first-order valence-corrected chi connectivity index (χ1v) is 3.80. The van der Waals surface area contributed by atoms with Gasteiger partial charge < -0.3 is 0 Å². The molecule has 0 amide bonds. The number of Topliss-reactive ketones (excluding diaryl/α,β-unsaturated/α-hetero) is 1. The van der Waals surface area contributed by atoms with Gasteiger partial charge in [0.15, 0.2) is 0 Å². The van der Waals surface area contributed by atoms with Gasteiger partial charge in [-0.1, -0.05) is 17.7 Å². The predicted octanol–water partition coefficient (Wildman–Crippen LogP) is 2.46. The Labute approximate surface area is 76.4 Å². The monoisotopic (exact) mass is 178 g/mol. The highest BCUT2D eigenvalue weighted by molar-refractivity contribution is 6.32. The van der Waals surface area contributed by atoms with Gasteiger partial charge in [-0.3, -0.25) is 4.79 Å². The zero-order chi connectivity index (χ0) is 9.14. The molecule has 0 atom stereocenters. The summed E-state index contributed by atoms with van der Waals surface area (Å²) in [7, 11) is 0. The molecule has 0 aliphatic carbocycles. The lowest BCUT2D eigenvalue weighted by molar-refractivity contribution is 0.105. The molecule has 0 fully saturated rings. The SMILES string of the molecule is C#CC(=O)c1cccc(Cl)c1C. The van der Waals surface area contributed by atoms with E-state index in [4.69, 9.17) is 18.0 Å². The van der Waals surface area contributed by atoms with Crippen molar-refractivity contribution in [2.24, 2.45) is 0 Å². The number of hydrogen-bond donors (Lipinski definition) is 0. The quantitative estimate of drug-likeness (QED) is 0.367. The van der Waals surface area contributed by atoms with Crippen LogP contribution in [0.5, 0.6) is 0 Å². The van der Waals surface area contributed by atoms with Crippen molar-refractivity contribution in [2.75, 3.05) is 0 Å². The second kappa shape index (κ2) is 3.42.